The smallest absolute Gasteiger partial charge is 0.141 e. The molecule has 1 unspecified atom stereocenters. The summed E-state index contributed by atoms with van der Waals surface area (Å²) in [6.45, 7) is 2.14. The van der Waals surface area contributed by atoms with Crippen LogP contribution in [0.5, 0.6) is 0 Å². The Morgan fingerprint density at radius 3 is 2.72 bits per heavy atom. The molecule has 94 valence electrons. The average Bonchev–Trinajstić information content (AvgIpc) is 2.35. The maximum absolute atomic E-state index is 12.0. The van der Waals surface area contributed by atoms with Crippen molar-refractivity contribution in [1.82, 2.24) is 0 Å². The van der Waals surface area contributed by atoms with E-state index in [0.717, 1.165) is 22.6 Å². The second-order valence-corrected chi connectivity index (χ2v) is 5.28. The molecule has 1 aliphatic rings. The van der Waals surface area contributed by atoms with E-state index in [9.17, 15) is 4.79 Å². The number of hydrogen-bond acceptors (Lipinski definition) is 1. The minimum Gasteiger partial charge on any atom is -0.299 e. The van der Waals surface area contributed by atoms with Gasteiger partial charge in [0.2, 0.25) is 0 Å². The first-order chi connectivity index (χ1) is 8.65. The van der Waals surface area contributed by atoms with Gasteiger partial charge in [-0.1, -0.05) is 54.9 Å². The van der Waals surface area contributed by atoms with Crippen LogP contribution in [-0.2, 0) is 11.2 Å². The van der Waals surface area contributed by atoms with Gasteiger partial charge < -0.3 is 0 Å². The van der Waals surface area contributed by atoms with Crippen molar-refractivity contribution in [3.63, 3.8) is 0 Å². The van der Waals surface area contributed by atoms with Gasteiger partial charge in [-0.05, 0) is 29.6 Å². The number of hydrogen-bond donors (Lipinski definition) is 0. The molecule has 0 fully saturated rings. The Kier molecular flexibility index (Phi) is 4.38. The number of rotatable bonds is 4. The molecule has 0 saturated heterocycles. The molecule has 1 aromatic carbocycles. The molecule has 0 radical (unpaired) electrons. The first-order valence-electron chi connectivity index (χ1n) is 6.26. The van der Waals surface area contributed by atoms with Crippen LogP contribution < -0.4 is 0 Å². The van der Waals surface area contributed by atoms with Gasteiger partial charge in [0.15, 0.2) is 0 Å². The lowest BCUT2D eigenvalue weighted by Crippen LogP contribution is -2.08. The van der Waals surface area contributed by atoms with E-state index in [4.69, 9.17) is 11.6 Å². The molecule has 0 aliphatic heterocycles. The van der Waals surface area contributed by atoms with E-state index < -0.39 is 0 Å². The van der Waals surface area contributed by atoms with Gasteiger partial charge in [0.25, 0.3) is 0 Å². The molecule has 2 rings (SSSR count). The van der Waals surface area contributed by atoms with E-state index in [1.165, 1.54) is 0 Å². The zero-order valence-electron chi connectivity index (χ0n) is 10.5. The summed E-state index contributed by atoms with van der Waals surface area (Å²) >= 11 is 6.14. The van der Waals surface area contributed by atoms with Crippen LogP contribution >= 0.6 is 11.6 Å². The Bertz CT molecular complexity index is 485. The third kappa shape index (κ3) is 3.58. The Balaban J connectivity index is 1.98. The van der Waals surface area contributed by atoms with Crippen molar-refractivity contribution in [2.75, 3.05) is 0 Å². The summed E-state index contributed by atoms with van der Waals surface area (Å²) in [6.07, 6.45) is 5.87. The van der Waals surface area contributed by atoms with Crippen molar-refractivity contribution in [3.8, 4) is 0 Å². The van der Waals surface area contributed by atoms with E-state index in [1.807, 2.05) is 36.4 Å². The molecular formula is C16H17ClO. The van der Waals surface area contributed by atoms with Crippen LogP contribution in [0.3, 0.4) is 0 Å². The quantitative estimate of drug-likeness (QED) is 0.790. The highest BCUT2D eigenvalue weighted by Crippen LogP contribution is 2.28. The summed E-state index contributed by atoms with van der Waals surface area (Å²) in [5.41, 5.74) is 2.14. The number of benzene rings is 1. The number of allylic oxidation sites excluding steroid dienone is 4. The molecule has 0 spiro atoms. The average molecular weight is 261 g/mol. The van der Waals surface area contributed by atoms with Crippen LogP contribution in [0.15, 0.2) is 53.1 Å². The van der Waals surface area contributed by atoms with Gasteiger partial charge in [-0.3, -0.25) is 4.79 Å². The Morgan fingerprint density at radius 2 is 2.00 bits per heavy atom. The summed E-state index contributed by atoms with van der Waals surface area (Å²) in [6, 6.07) is 9.84. The van der Waals surface area contributed by atoms with Gasteiger partial charge in [-0.25, -0.2) is 0 Å². The number of Topliss-reactive ketones (excluding diaryl/α,β-unsaturated/α-hetero) is 1. The predicted octanol–water partition coefficient (Wildman–Crippen LogP) is 4.28. The van der Waals surface area contributed by atoms with Crippen molar-refractivity contribution in [2.45, 2.75) is 26.2 Å². The lowest BCUT2D eigenvalue weighted by atomic mass is 9.91. The summed E-state index contributed by atoms with van der Waals surface area (Å²) in [4.78, 5) is 12.0. The molecule has 1 atom stereocenters. The highest BCUT2D eigenvalue weighted by Gasteiger charge is 2.15. The third-order valence-corrected chi connectivity index (χ3v) is 3.53. The lowest BCUT2D eigenvalue weighted by Gasteiger charge is -2.16. The van der Waals surface area contributed by atoms with Crippen molar-refractivity contribution in [3.05, 3.63) is 58.7 Å². The molecule has 1 aromatic rings. The van der Waals surface area contributed by atoms with Gasteiger partial charge in [0.05, 0.1) is 0 Å². The minimum absolute atomic E-state index is 0.233. The normalized spacial score (nSPS) is 19.1. The van der Waals surface area contributed by atoms with E-state index in [2.05, 4.69) is 13.0 Å². The van der Waals surface area contributed by atoms with Gasteiger partial charge >= 0.3 is 0 Å². The lowest BCUT2D eigenvalue weighted by molar-refractivity contribution is -0.117. The summed E-state index contributed by atoms with van der Waals surface area (Å²) in [5, 5.41) is 0.745. The first-order valence-corrected chi connectivity index (χ1v) is 6.64. The fourth-order valence-corrected chi connectivity index (χ4v) is 2.42. The summed E-state index contributed by atoms with van der Waals surface area (Å²) in [7, 11) is 0. The largest absolute Gasteiger partial charge is 0.299 e. The second-order valence-electron chi connectivity index (χ2n) is 4.87. The Morgan fingerprint density at radius 1 is 1.28 bits per heavy atom. The van der Waals surface area contributed by atoms with Crippen molar-refractivity contribution in [2.24, 2.45) is 5.92 Å². The minimum atomic E-state index is 0.233. The molecule has 0 N–H and O–H groups in total. The van der Waals surface area contributed by atoms with Crippen molar-refractivity contribution in [1.29, 1.82) is 0 Å². The highest BCUT2D eigenvalue weighted by molar-refractivity contribution is 6.31. The second kappa shape index (κ2) is 6.01. The zero-order valence-corrected chi connectivity index (χ0v) is 11.3. The molecule has 1 aliphatic carbocycles. The monoisotopic (exact) mass is 260 g/mol. The Labute approximate surface area is 113 Å². The van der Waals surface area contributed by atoms with Gasteiger partial charge in [0, 0.05) is 17.9 Å². The highest BCUT2D eigenvalue weighted by atomic mass is 35.5. The molecule has 0 amide bonds. The molecule has 2 heteroatoms. The van der Waals surface area contributed by atoms with Crippen LogP contribution in [0, 0.1) is 5.92 Å². The van der Waals surface area contributed by atoms with Gasteiger partial charge in [0.1, 0.15) is 5.78 Å². The van der Waals surface area contributed by atoms with Crippen molar-refractivity contribution >= 4 is 17.4 Å². The SMILES string of the molecule is CC1C=CC(Cl)=C(CC(=O)Cc2ccccc2)C1. The maximum Gasteiger partial charge on any atom is 0.141 e. The fraction of sp³-hybridized carbons (Fsp3) is 0.312. The van der Waals surface area contributed by atoms with Crippen LogP contribution in [0.25, 0.3) is 0 Å². The molecule has 0 bridgehead atoms. The Hall–Kier alpha value is -1.34. The zero-order chi connectivity index (χ0) is 13.0. The standard InChI is InChI=1S/C16H17ClO/c1-12-7-8-16(17)14(9-12)11-15(18)10-13-5-3-2-4-6-13/h2-8,12H,9-11H2,1H3. The molecule has 1 nitrogen and oxygen atoms in total. The molecule has 18 heavy (non-hydrogen) atoms. The van der Waals surface area contributed by atoms with E-state index in [1.54, 1.807) is 0 Å². The van der Waals surface area contributed by atoms with E-state index in [-0.39, 0.29) is 5.78 Å². The van der Waals surface area contributed by atoms with E-state index >= 15 is 0 Å². The van der Waals surface area contributed by atoms with Crippen LogP contribution in [0.4, 0.5) is 0 Å². The first kappa shape index (κ1) is 13.1. The van der Waals surface area contributed by atoms with Crippen molar-refractivity contribution < 1.29 is 4.79 Å². The summed E-state index contributed by atoms with van der Waals surface area (Å²) in [5.74, 6) is 0.712. The van der Waals surface area contributed by atoms with Gasteiger partial charge in [-0.15, -0.1) is 0 Å². The maximum atomic E-state index is 12.0. The topological polar surface area (TPSA) is 17.1 Å². The number of carbonyl (C=O) groups excluding carboxylic acids is 1. The summed E-state index contributed by atoms with van der Waals surface area (Å²) < 4.78 is 0. The number of carbonyl (C=O) groups is 1. The van der Waals surface area contributed by atoms with Crippen LogP contribution in [0.2, 0.25) is 0 Å². The fourth-order valence-electron chi connectivity index (χ4n) is 2.20. The predicted molar refractivity (Wildman–Crippen MR) is 75.6 cm³/mol. The third-order valence-electron chi connectivity index (χ3n) is 3.13. The number of ketones is 1. The van der Waals surface area contributed by atoms with Crippen LogP contribution in [-0.4, -0.2) is 5.78 Å². The van der Waals surface area contributed by atoms with E-state index in [0.29, 0.717) is 18.8 Å². The van der Waals surface area contributed by atoms with Crippen LogP contribution in [0.1, 0.15) is 25.3 Å². The number of halogens is 1. The molecule has 0 saturated carbocycles. The molecular weight excluding hydrogens is 244 g/mol. The molecule has 0 heterocycles. The van der Waals surface area contributed by atoms with Gasteiger partial charge in [-0.2, -0.15) is 0 Å². The molecule has 0 aromatic heterocycles.